The van der Waals surface area contributed by atoms with Gasteiger partial charge in [-0.3, -0.25) is 0 Å². The highest BCUT2D eigenvalue weighted by Crippen LogP contribution is 2.22. The molecule has 0 atom stereocenters. The lowest BCUT2D eigenvalue weighted by Gasteiger charge is -2.13. The van der Waals surface area contributed by atoms with Crippen molar-refractivity contribution >= 4 is 12.6 Å². The first-order valence-electron chi connectivity index (χ1n) is 3.79. The van der Waals surface area contributed by atoms with E-state index in [9.17, 15) is 0 Å². The molecule has 0 aromatic carbocycles. The zero-order chi connectivity index (χ0) is 8.27. The van der Waals surface area contributed by atoms with E-state index in [1.54, 1.807) is 0 Å². The Hall–Kier alpha value is -0.630. The summed E-state index contributed by atoms with van der Waals surface area (Å²) in [4.78, 5) is 1.03. The van der Waals surface area contributed by atoms with Crippen LogP contribution in [0.1, 0.15) is 19.8 Å². The molecule has 1 rings (SSSR count). The van der Waals surface area contributed by atoms with Crippen LogP contribution >= 0.6 is 12.6 Å². The van der Waals surface area contributed by atoms with Crippen molar-refractivity contribution in [3.8, 4) is 0 Å². The van der Waals surface area contributed by atoms with Crippen molar-refractivity contribution < 1.29 is 0 Å². The van der Waals surface area contributed by atoms with E-state index in [1.807, 2.05) is 12.3 Å². The molecular formula is C9H13NS. The van der Waals surface area contributed by atoms with E-state index in [4.69, 9.17) is 0 Å². The van der Waals surface area contributed by atoms with Crippen LogP contribution in [0.15, 0.2) is 35.0 Å². The van der Waals surface area contributed by atoms with Crippen LogP contribution in [0.3, 0.4) is 0 Å². The van der Waals surface area contributed by atoms with Crippen LogP contribution in [0, 0.1) is 0 Å². The molecule has 0 spiro atoms. The van der Waals surface area contributed by atoms with Crippen LogP contribution in [-0.4, -0.2) is 0 Å². The Balaban J connectivity index is 2.73. The molecule has 0 fully saturated rings. The first-order chi connectivity index (χ1) is 5.24. The molecule has 0 aliphatic carbocycles. The van der Waals surface area contributed by atoms with E-state index in [0.717, 1.165) is 23.4 Å². The summed E-state index contributed by atoms with van der Waals surface area (Å²) in [6, 6.07) is 0. The first kappa shape index (κ1) is 8.47. The van der Waals surface area contributed by atoms with Gasteiger partial charge in [-0.2, -0.15) is 0 Å². The maximum Gasteiger partial charge on any atom is 0.0310 e. The Bertz CT molecular complexity index is 226. The summed E-state index contributed by atoms with van der Waals surface area (Å²) in [5, 5.41) is 3.01. The van der Waals surface area contributed by atoms with E-state index in [2.05, 4.69) is 31.4 Å². The Morgan fingerprint density at radius 1 is 1.64 bits per heavy atom. The highest BCUT2D eigenvalue weighted by Gasteiger charge is 2.04. The minimum absolute atomic E-state index is 0.950. The second kappa shape index (κ2) is 3.67. The SMILES string of the molecule is C=C1C=C(CCC)C(S)=CN1. The number of nitrogens with one attached hydrogen (secondary N) is 1. The van der Waals surface area contributed by atoms with E-state index in [-0.39, 0.29) is 0 Å². The van der Waals surface area contributed by atoms with Gasteiger partial charge in [-0.1, -0.05) is 19.9 Å². The smallest absolute Gasteiger partial charge is 0.0310 e. The molecule has 2 heteroatoms. The molecule has 0 radical (unpaired) electrons. The molecule has 11 heavy (non-hydrogen) atoms. The number of rotatable bonds is 2. The molecule has 0 amide bonds. The summed E-state index contributed by atoms with van der Waals surface area (Å²) < 4.78 is 0. The van der Waals surface area contributed by atoms with Crippen molar-refractivity contribution in [2.45, 2.75) is 19.8 Å². The molecule has 0 aromatic rings. The average Bonchev–Trinajstić information content (AvgIpc) is 1.98. The van der Waals surface area contributed by atoms with Crippen molar-refractivity contribution in [1.82, 2.24) is 5.32 Å². The highest BCUT2D eigenvalue weighted by atomic mass is 32.1. The quantitative estimate of drug-likeness (QED) is 0.602. The standard InChI is InChI=1S/C9H13NS/c1-3-4-8-5-7(2)10-6-9(8)11/h5-6,10-11H,2-4H2,1H3. The normalized spacial score (nSPS) is 17.1. The second-order valence-corrected chi connectivity index (χ2v) is 3.10. The highest BCUT2D eigenvalue weighted by molar-refractivity contribution is 7.84. The lowest BCUT2D eigenvalue weighted by Crippen LogP contribution is -2.07. The fourth-order valence-electron chi connectivity index (χ4n) is 1.05. The topological polar surface area (TPSA) is 12.0 Å². The minimum Gasteiger partial charge on any atom is -0.361 e. The van der Waals surface area contributed by atoms with Crippen LogP contribution in [-0.2, 0) is 0 Å². The van der Waals surface area contributed by atoms with Crippen LogP contribution in [0.4, 0.5) is 0 Å². The summed E-state index contributed by atoms with van der Waals surface area (Å²) >= 11 is 4.32. The summed E-state index contributed by atoms with van der Waals surface area (Å²) in [5.41, 5.74) is 2.23. The van der Waals surface area contributed by atoms with Gasteiger partial charge in [0.25, 0.3) is 0 Å². The maximum absolute atomic E-state index is 4.32. The number of allylic oxidation sites excluding steroid dienone is 2. The Morgan fingerprint density at radius 3 is 3.00 bits per heavy atom. The molecule has 0 bridgehead atoms. The predicted molar refractivity (Wildman–Crippen MR) is 52.3 cm³/mol. The summed E-state index contributed by atoms with van der Waals surface area (Å²) in [6.45, 7) is 5.97. The molecule has 0 saturated carbocycles. The van der Waals surface area contributed by atoms with Crippen molar-refractivity contribution in [3.63, 3.8) is 0 Å². The molecule has 1 N–H and O–H groups in total. The summed E-state index contributed by atoms with van der Waals surface area (Å²) in [7, 11) is 0. The number of thiol groups is 1. The van der Waals surface area contributed by atoms with E-state index >= 15 is 0 Å². The van der Waals surface area contributed by atoms with Gasteiger partial charge in [0.1, 0.15) is 0 Å². The Morgan fingerprint density at radius 2 is 2.36 bits per heavy atom. The zero-order valence-corrected chi connectivity index (χ0v) is 7.62. The zero-order valence-electron chi connectivity index (χ0n) is 6.72. The van der Waals surface area contributed by atoms with Gasteiger partial charge in [0, 0.05) is 16.8 Å². The molecule has 0 aromatic heterocycles. The first-order valence-corrected chi connectivity index (χ1v) is 4.24. The number of dihydropyridines is 1. The van der Waals surface area contributed by atoms with Crippen molar-refractivity contribution in [2.24, 2.45) is 0 Å². The Labute approximate surface area is 73.3 Å². The van der Waals surface area contributed by atoms with E-state index in [0.29, 0.717) is 0 Å². The molecule has 1 aliphatic rings. The van der Waals surface area contributed by atoms with Gasteiger partial charge in [-0.25, -0.2) is 0 Å². The van der Waals surface area contributed by atoms with Crippen LogP contribution in [0.25, 0.3) is 0 Å². The lowest BCUT2D eigenvalue weighted by atomic mass is 10.1. The molecule has 60 valence electrons. The fraction of sp³-hybridized carbons (Fsp3) is 0.333. The van der Waals surface area contributed by atoms with Gasteiger partial charge in [0.2, 0.25) is 0 Å². The number of hydrogen-bond donors (Lipinski definition) is 2. The van der Waals surface area contributed by atoms with Crippen molar-refractivity contribution in [1.29, 1.82) is 0 Å². The molecule has 0 saturated heterocycles. The van der Waals surface area contributed by atoms with Crippen molar-refractivity contribution in [2.75, 3.05) is 0 Å². The lowest BCUT2D eigenvalue weighted by molar-refractivity contribution is 0.906. The summed E-state index contributed by atoms with van der Waals surface area (Å²) in [5.74, 6) is 0. The molecule has 0 unspecified atom stereocenters. The Kier molecular flexibility index (Phi) is 2.83. The molecule has 1 heterocycles. The molecular weight excluding hydrogens is 154 g/mol. The van der Waals surface area contributed by atoms with Gasteiger partial charge in [0.15, 0.2) is 0 Å². The van der Waals surface area contributed by atoms with Gasteiger partial charge < -0.3 is 5.32 Å². The van der Waals surface area contributed by atoms with Gasteiger partial charge in [-0.05, 0) is 18.1 Å². The largest absolute Gasteiger partial charge is 0.361 e. The van der Waals surface area contributed by atoms with E-state index < -0.39 is 0 Å². The average molecular weight is 167 g/mol. The van der Waals surface area contributed by atoms with Gasteiger partial charge in [0.05, 0.1) is 0 Å². The van der Waals surface area contributed by atoms with Crippen molar-refractivity contribution in [3.05, 3.63) is 35.0 Å². The van der Waals surface area contributed by atoms with E-state index in [1.165, 1.54) is 5.57 Å². The predicted octanol–water partition coefficient (Wildman–Crippen LogP) is 2.60. The van der Waals surface area contributed by atoms with Gasteiger partial charge in [-0.15, -0.1) is 12.6 Å². The van der Waals surface area contributed by atoms with Crippen LogP contribution in [0.5, 0.6) is 0 Å². The molecule has 1 aliphatic heterocycles. The van der Waals surface area contributed by atoms with Crippen LogP contribution < -0.4 is 5.32 Å². The minimum atomic E-state index is 0.950. The summed E-state index contributed by atoms with van der Waals surface area (Å²) in [6.07, 6.45) is 6.16. The third kappa shape index (κ3) is 2.15. The molecule has 1 nitrogen and oxygen atoms in total. The monoisotopic (exact) mass is 167 g/mol. The number of hydrogen-bond acceptors (Lipinski definition) is 2. The maximum atomic E-state index is 4.32. The second-order valence-electron chi connectivity index (χ2n) is 2.62. The van der Waals surface area contributed by atoms with Crippen LogP contribution in [0.2, 0.25) is 0 Å². The fourth-order valence-corrected chi connectivity index (χ4v) is 1.29. The third-order valence-electron chi connectivity index (χ3n) is 1.59. The third-order valence-corrected chi connectivity index (χ3v) is 2.01. The van der Waals surface area contributed by atoms with Gasteiger partial charge >= 0.3 is 0 Å².